The van der Waals surface area contributed by atoms with Gasteiger partial charge in [0.25, 0.3) is 0 Å². The molecule has 6 heteroatoms. The van der Waals surface area contributed by atoms with Crippen LogP contribution in [0.4, 0.5) is 0 Å². The van der Waals surface area contributed by atoms with Crippen molar-refractivity contribution in [2.45, 2.75) is 19.3 Å². The van der Waals surface area contributed by atoms with Gasteiger partial charge < -0.3 is 4.90 Å². The quantitative estimate of drug-likeness (QED) is 0.749. The average Bonchev–Trinajstić information content (AvgIpc) is 2.53. The third-order valence-electron chi connectivity index (χ3n) is 3.45. The number of carbonyl (C=O) groups is 1. The largest absolute Gasteiger partial charge is 0.341 e. The molecule has 2 bridgehead atoms. The van der Waals surface area contributed by atoms with Crippen LogP contribution in [0.3, 0.4) is 0 Å². The fourth-order valence-corrected chi connectivity index (χ4v) is 3.10. The molecule has 1 saturated heterocycles. The number of hydrogen-bond donors (Lipinski definition) is 1. The minimum absolute atomic E-state index is 0.0953. The summed E-state index contributed by atoms with van der Waals surface area (Å²) in [5, 5.41) is 0. The van der Waals surface area contributed by atoms with Crippen LogP contribution in [0.1, 0.15) is 19.3 Å². The van der Waals surface area contributed by atoms with E-state index in [4.69, 9.17) is 0 Å². The van der Waals surface area contributed by atoms with Gasteiger partial charge in [0.05, 0.1) is 12.8 Å². The van der Waals surface area contributed by atoms with Crippen LogP contribution in [0.5, 0.6) is 0 Å². The minimum atomic E-state index is -3.27. The first-order valence-electron chi connectivity index (χ1n) is 5.66. The zero-order chi connectivity index (χ0) is 11.8. The Hall–Kier alpha value is -0.620. The van der Waals surface area contributed by atoms with Crippen molar-refractivity contribution in [2.24, 2.45) is 11.8 Å². The van der Waals surface area contributed by atoms with E-state index in [-0.39, 0.29) is 12.5 Å². The molecule has 1 saturated carbocycles. The van der Waals surface area contributed by atoms with E-state index in [0.717, 1.165) is 19.3 Å². The van der Waals surface area contributed by atoms with Crippen LogP contribution < -0.4 is 4.72 Å². The molecule has 0 aromatic heterocycles. The molecule has 1 amide bonds. The second kappa shape index (κ2) is 4.33. The van der Waals surface area contributed by atoms with E-state index in [1.807, 2.05) is 4.90 Å². The number of piperidine rings is 1. The van der Waals surface area contributed by atoms with Crippen LogP contribution in [0.2, 0.25) is 0 Å². The summed E-state index contributed by atoms with van der Waals surface area (Å²) in [7, 11) is -3.27. The lowest BCUT2D eigenvalue weighted by Gasteiger charge is -2.31. The van der Waals surface area contributed by atoms with Crippen LogP contribution in [-0.2, 0) is 14.8 Å². The first-order chi connectivity index (χ1) is 7.44. The van der Waals surface area contributed by atoms with Gasteiger partial charge in [-0.1, -0.05) is 0 Å². The maximum absolute atomic E-state index is 11.8. The molecule has 0 unspecified atom stereocenters. The highest BCUT2D eigenvalue weighted by Crippen LogP contribution is 2.36. The first kappa shape index (κ1) is 11.9. The summed E-state index contributed by atoms with van der Waals surface area (Å²) in [6, 6.07) is 0. The SMILES string of the molecule is CS(=O)(=O)NCC(=O)N1C[C@@H]2CC[C@@H](C2)C1. The highest BCUT2D eigenvalue weighted by Gasteiger charge is 2.34. The van der Waals surface area contributed by atoms with Gasteiger partial charge >= 0.3 is 0 Å². The fraction of sp³-hybridized carbons (Fsp3) is 0.900. The summed E-state index contributed by atoms with van der Waals surface area (Å²) in [6.07, 6.45) is 4.74. The van der Waals surface area contributed by atoms with Crippen molar-refractivity contribution in [2.75, 3.05) is 25.9 Å². The number of amides is 1. The zero-order valence-corrected chi connectivity index (χ0v) is 10.3. The second-order valence-electron chi connectivity index (χ2n) is 4.94. The smallest absolute Gasteiger partial charge is 0.237 e. The predicted octanol–water partition coefficient (Wildman–Crippen LogP) is -0.206. The molecule has 2 rings (SSSR count). The van der Waals surface area contributed by atoms with Crippen molar-refractivity contribution < 1.29 is 13.2 Å². The van der Waals surface area contributed by atoms with Gasteiger partial charge in [-0.2, -0.15) is 0 Å². The summed E-state index contributed by atoms with van der Waals surface area (Å²) in [5.74, 6) is 1.18. The van der Waals surface area contributed by atoms with Crippen LogP contribution >= 0.6 is 0 Å². The van der Waals surface area contributed by atoms with Gasteiger partial charge in [-0.15, -0.1) is 0 Å². The Morgan fingerprint density at radius 1 is 1.31 bits per heavy atom. The maximum Gasteiger partial charge on any atom is 0.237 e. The van der Waals surface area contributed by atoms with Crippen LogP contribution in [0.25, 0.3) is 0 Å². The number of hydrogen-bond acceptors (Lipinski definition) is 3. The monoisotopic (exact) mass is 246 g/mol. The highest BCUT2D eigenvalue weighted by molar-refractivity contribution is 7.88. The first-order valence-corrected chi connectivity index (χ1v) is 7.55. The van der Waals surface area contributed by atoms with E-state index in [0.29, 0.717) is 11.8 Å². The van der Waals surface area contributed by atoms with Gasteiger partial charge in [-0.25, -0.2) is 13.1 Å². The molecule has 2 aliphatic rings. The van der Waals surface area contributed by atoms with E-state index in [2.05, 4.69) is 4.72 Å². The van der Waals surface area contributed by atoms with E-state index in [1.165, 1.54) is 19.3 Å². The number of carbonyl (C=O) groups excluding carboxylic acids is 1. The summed E-state index contributed by atoms with van der Waals surface area (Å²) < 4.78 is 24.0. The molecule has 0 aromatic rings. The number of sulfonamides is 1. The third kappa shape index (κ3) is 2.95. The molecule has 16 heavy (non-hydrogen) atoms. The molecule has 1 N–H and O–H groups in total. The van der Waals surface area contributed by atoms with Crippen molar-refractivity contribution in [1.29, 1.82) is 0 Å². The Labute approximate surface area is 96.2 Å². The number of fused-ring (bicyclic) bond motifs is 2. The van der Waals surface area contributed by atoms with E-state index < -0.39 is 10.0 Å². The number of likely N-dealkylation sites (tertiary alicyclic amines) is 1. The van der Waals surface area contributed by atoms with Gasteiger partial charge in [-0.3, -0.25) is 4.79 Å². The van der Waals surface area contributed by atoms with Gasteiger partial charge in [-0.05, 0) is 31.1 Å². The molecule has 0 aromatic carbocycles. The lowest BCUT2D eigenvalue weighted by atomic mass is 9.99. The number of nitrogens with one attached hydrogen (secondary N) is 1. The van der Waals surface area contributed by atoms with E-state index >= 15 is 0 Å². The van der Waals surface area contributed by atoms with Gasteiger partial charge in [0.1, 0.15) is 0 Å². The topological polar surface area (TPSA) is 66.5 Å². The molecule has 0 radical (unpaired) electrons. The van der Waals surface area contributed by atoms with E-state index in [1.54, 1.807) is 0 Å². The number of rotatable bonds is 3. The molecule has 2 fully saturated rings. The third-order valence-corrected chi connectivity index (χ3v) is 4.11. The van der Waals surface area contributed by atoms with Gasteiger partial charge in [0.15, 0.2) is 0 Å². The molecule has 5 nitrogen and oxygen atoms in total. The Balaban J connectivity index is 1.86. The molecular formula is C10H18N2O3S. The number of nitrogens with zero attached hydrogens (tertiary/aromatic N) is 1. The van der Waals surface area contributed by atoms with Crippen molar-refractivity contribution in [3.05, 3.63) is 0 Å². The molecule has 1 aliphatic carbocycles. The summed E-state index contributed by atoms with van der Waals surface area (Å²) >= 11 is 0. The second-order valence-corrected chi connectivity index (χ2v) is 6.77. The zero-order valence-electron chi connectivity index (χ0n) is 9.48. The van der Waals surface area contributed by atoms with Crippen molar-refractivity contribution in [3.8, 4) is 0 Å². The average molecular weight is 246 g/mol. The summed E-state index contributed by atoms with van der Waals surface area (Å²) in [4.78, 5) is 13.6. The minimum Gasteiger partial charge on any atom is -0.341 e. The Morgan fingerprint density at radius 2 is 1.88 bits per heavy atom. The molecule has 0 spiro atoms. The Morgan fingerprint density at radius 3 is 2.38 bits per heavy atom. The lowest BCUT2D eigenvalue weighted by Crippen LogP contribution is -2.45. The summed E-state index contributed by atoms with van der Waals surface area (Å²) in [5.41, 5.74) is 0. The lowest BCUT2D eigenvalue weighted by molar-refractivity contribution is -0.132. The Bertz CT molecular complexity index is 368. The van der Waals surface area contributed by atoms with Crippen molar-refractivity contribution in [3.63, 3.8) is 0 Å². The molecule has 1 heterocycles. The van der Waals surface area contributed by atoms with Gasteiger partial charge in [0.2, 0.25) is 15.9 Å². The Kier molecular flexibility index (Phi) is 3.21. The van der Waals surface area contributed by atoms with Crippen molar-refractivity contribution >= 4 is 15.9 Å². The van der Waals surface area contributed by atoms with Crippen LogP contribution in [0.15, 0.2) is 0 Å². The summed E-state index contributed by atoms with van der Waals surface area (Å²) in [6.45, 7) is 1.51. The molecular weight excluding hydrogens is 228 g/mol. The standard InChI is InChI=1S/C10H18N2O3S/c1-16(14,15)11-5-10(13)12-6-8-2-3-9(4-8)7-12/h8-9,11H,2-7H2,1H3/t8-,9+. The normalized spacial score (nSPS) is 29.4. The maximum atomic E-state index is 11.8. The predicted molar refractivity (Wildman–Crippen MR) is 60.3 cm³/mol. The molecule has 1 aliphatic heterocycles. The fourth-order valence-electron chi connectivity index (χ4n) is 2.72. The molecule has 2 atom stereocenters. The van der Waals surface area contributed by atoms with Crippen LogP contribution in [0, 0.1) is 11.8 Å². The molecule has 92 valence electrons. The van der Waals surface area contributed by atoms with E-state index in [9.17, 15) is 13.2 Å². The van der Waals surface area contributed by atoms with Crippen molar-refractivity contribution in [1.82, 2.24) is 9.62 Å². The van der Waals surface area contributed by atoms with Gasteiger partial charge in [0, 0.05) is 13.1 Å². The van der Waals surface area contributed by atoms with Crippen LogP contribution in [-0.4, -0.2) is 45.1 Å². The highest BCUT2D eigenvalue weighted by atomic mass is 32.2.